The number of rotatable bonds is 3. The summed E-state index contributed by atoms with van der Waals surface area (Å²) in [5, 5.41) is 2.24. The summed E-state index contributed by atoms with van der Waals surface area (Å²) in [5.74, 6) is -0.335. The van der Waals surface area contributed by atoms with Crippen molar-refractivity contribution in [2.75, 3.05) is 6.54 Å². The summed E-state index contributed by atoms with van der Waals surface area (Å²) in [6.45, 7) is 1.46. The Morgan fingerprint density at radius 3 is 2.78 bits per heavy atom. The first kappa shape index (κ1) is 8.10. The van der Waals surface area contributed by atoms with Gasteiger partial charge >= 0.3 is 0 Å². The molecule has 3 N–H and O–H groups in total. The van der Waals surface area contributed by atoms with Crippen LogP contribution in [0.1, 0.15) is 6.92 Å². The lowest BCUT2D eigenvalue weighted by Gasteiger charge is -2.01. The van der Waals surface area contributed by atoms with Crippen molar-refractivity contribution < 1.29 is 9.59 Å². The Balaban J connectivity index is 3.38. The lowest BCUT2D eigenvalue weighted by atomic mass is 10.3. The molecule has 4 nitrogen and oxygen atoms in total. The maximum atomic E-state index is 10.5. The zero-order valence-electron chi connectivity index (χ0n) is 5.18. The number of carbonyl (C=O) groups excluding carboxylic acids is 2. The lowest BCUT2D eigenvalue weighted by molar-refractivity contribution is -0.121. The zero-order valence-corrected chi connectivity index (χ0v) is 5.18. The third-order valence-electron chi connectivity index (χ3n) is 0.748. The predicted octanol–water partition coefficient (Wildman–Crippen LogP) is -1.44. The second-order valence-corrected chi connectivity index (χ2v) is 1.65. The van der Waals surface area contributed by atoms with E-state index < -0.39 is 6.04 Å². The van der Waals surface area contributed by atoms with Crippen molar-refractivity contribution in [2.45, 2.75) is 13.0 Å². The molecule has 0 aliphatic heterocycles. The fourth-order valence-corrected chi connectivity index (χ4v) is 0.284. The first-order chi connectivity index (χ1) is 4.18. The van der Waals surface area contributed by atoms with E-state index in [9.17, 15) is 9.59 Å². The fourth-order valence-electron chi connectivity index (χ4n) is 0.284. The molecule has 4 heteroatoms. The van der Waals surface area contributed by atoms with Crippen LogP contribution in [0.4, 0.5) is 0 Å². The molecule has 9 heavy (non-hydrogen) atoms. The first-order valence-electron chi connectivity index (χ1n) is 2.56. The van der Waals surface area contributed by atoms with Crippen molar-refractivity contribution in [1.82, 2.24) is 5.32 Å². The Bertz CT molecular complexity index is 112. The molecule has 0 aliphatic rings. The summed E-state index contributed by atoms with van der Waals surface area (Å²) < 4.78 is 0. The van der Waals surface area contributed by atoms with Gasteiger partial charge in [-0.3, -0.25) is 9.59 Å². The van der Waals surface area contributed by atoms with Gasteiger partial charge in [-0.2, -0.15) is 0 Å². The molecule has 1 amide bonds. The maximum absolute atomic E-state index is 10.5. The Morgan fingerprint density at radius 2 is 2.44 bits per heavy atom. The van der Waals surface area contributed by atoms with Gasteiger partial charge in [-0.15, -0.1) is 0 Å². The summed E-state index contributed by atoms with van der Waals surface area (Å²) >= 11 is 0. The van der Waals surface area contributed by atoms with Gasteiger partial charge in [0.2, 0.25) is 12.2 Å². The minimum absolute atomic E-state index is 0.0830. The molecule has 0 heterocycles. The molecule has 0 unspecified atom stereocenters. The SMILES string of the molecule is C[C@@H](N)C(=O)NC[C]=O. The quantitative estimate of drug-likeness (QED) is 0.490. The van der Waals surface area contributed by atoms with Crippen LogP contribution in [-0.4, -0.2) is 24.8 Å². The minimum Gasteiger partial charge on any atom is -0.347 e. The van der Waals surface area contributed by atoms with Crippen LogP contribution in [0.3, 0.4) is 0 Å². The van der Waals surface area contributed by atoms with Crippen LogP contribution in [0, 0.1) is 0 Å². The van der Waals surface area contributed by atoms with E-state index in [1.807, 2.05) is 0 Å². The van der Waals surface area contributed by atoms with E-state index in [2.05, 4.69) is 5.32 Å². The van der Waals surface area contributed by atoms with Crippen LogP contribution in [-0.2, 0) is 9.59 Å². The molecule has 0 saturated heterocycles. The summed E-state index contributed by atoms with van der Waals surface area (Å²) in [6.07, 6.45) is 1.52. The molecule has 1 atom stereocenters. The standard InChI is InChI=1S/C5H9N2O2/c1-4(6)5(9)7-2-3-8/h4H,2,6H2,1H3,(H,7,9)/t4-/m1/s1. The Kier molecular flexibility index (Phi) is 3.62. The third kappa shape index (κ3) is 3.66. The molecule has 51 valence electrons. The van der Waals surface area contributed by atoms with Gasteiger partial charge in [0.15, 0.2) is 0 Å². The second-order valence-electron chi connectivity index (χ2n) is 1.65. The van der Waals surface area contributed by atoms with Crippen LogP contribution in [0.5, 0.6) is 0 Å². The topological polar surface area (TPSA) is 72.2 Å². The average molecular weight is 129 g/mol. The molecule has 1 radical (unpaired) electrons. The summed E-state index contributed by atoms with van der Waals surface area (Å²) in [6, 6.07) is -0.557. The third-order valence-corrected chi connectivity index (χ3v) is 0.748. The van der Waals surface area contributed by atoms with E-state index in [1.54, 1.807) is 6.92 Å². The van der Waals surface area contributed by atoms with E-state index in [0.29, 0.717) is 0 Å². The van der Waals surface area contributed by atoms with Gasteiger partial charge in [0.25, 0.3) is 0 Å². The van der Waals surface area contributed by atoms with Gasteiger partial charge < -0.3 is 11.1 Å². The van der Waals surface area contributed by atoms with E-state index in [4.69, 9.17) is 5.73 Å². The maximum Gasteiger partial charge on any atom is 0.237 e. The first-order valence-corrected chi connectivity index (χ1v) is 2.56. The second kappa shape index (κ2) is 4.03. The van der Waals surface area contributed by atoms with Crippen LogP contribution < -0.4 is 11.1 Å². The van der Waals surface area contributed by atoms with Crippen LogP contribution in [0.2, 0.25) is 0 Å². The van der Waals surface area contributed by atoms with Gasteiger partial charge in [-0.1, -0.05) is 0 Å². The van der Waals surface area contributed by atoms with Crippen molar-refractivity contribution in [2.24, 2.45) is 5.73 Å². The normalized spacial score (nSPS) is 12.2. The molecule has 0 aromatic rings. The van der Waals surface area contributed by atoms with Crippen LogP contribution in [0.25, 0.3) is 0 Å². The van der Waals surface area contributed by atoms with E-state index in [1.165, 1.54) is 6.29 Å². The highest BCUT2D eigenvalue weighted by Gasteiger charge is 2.03. The van der Waals surface area contributed by atoms with Gasteiger partial charge in [0, 0.05) is 0 Å². The molecule has 0 bridgehead atoms. The van der Waals surface area contributed by atoms with Gasteiger partial charge in [-0.05, 0) is 6.92 Å². The fraction of sp³-hybridized carbons (Fsp3) is 0.600. The van der Waals surface area contributed by atoms with Crippen molar-refractivity contribution in [3.63, 3.8) is 0 Å². The summed E-state index contributed by atoms with van der Waals surface area (Å²) in [4.78, 5) is 20.0. The molecule has 0 spiro atoms. The van der Waals surface area contributed by atoms with E-state index in [0.717, 1.165) is 0 Å². The smallest absolute Gasteiger partial charge is 0.237 e. The molecule has 0 aromatic heterocycles. The lowest BCUT2D eigenvalue weighted by Crippen LogP contribution is -2.38. The Labute approximate surface area is 53.4 Å². The Hall–Kier alpha value is -0.900. The van der Waals surface area contributed by atoms with E-state index in [-0.39, 0.29) is 12.5 Å². The van der Waals surface area contributed by atoms with Crippen molar-refractivity contribution in [1.29, 1.82) is 0 Å². The minimum atomic E-state index is -0.557. The molecule has 0 aliphatic carbocycles. The van der Waals surface area contributed by atoms with Gasteiger partial charge in [-0.25, -0.2) is 0 Å². The predicted molar refractivity (Wildman–Crippen MR) is 32.4 cm³/mol. The number of nitrogens with two attached hydrogens (primary N) is 1. The molecule has 0 saturated carbocycles. The van der Waals surface area contributed by atoms with Crippen molar-refractivity contribution in [3.05, 3.63) is 0 Å². The number of nitrogens with one attached hydrogen (secondary N) is 1. The van der Waals surface area contributed by atoms with Crippen molar-refractivity contribution in [3.8, 4) is 0 Å². The molecular weight excluding hydrogens is 120 g/mol. The highest BCUT2D eigenvalue weighted by atomic mass is 16.2. The average Bonchev–Trinajstić information content (AvgIpc) is 1.82. The van der Waals surface area contributed by atoms with E-state index >= 15 is 0 Å². The summed E-state index contributed by atoms with van der Waals surface area (Å²) in [7, 11) is 0. The number of amides is 1. The highest BCUT2D eigenvalue weighted by molar-refractivity contribution is 5.82. The monoisotopic (exact) mass is 129 g/mol. The van der Waals surface area contributed by atoms with Crippen LogP contribution in [0.15, 0.2) is 0 Å². The molecular formula is C5H9N2O2. The zero-order chi connectivity index (χ0) is 7.28. The molecule has 0 aromatic carbocycles. The largest absolute Gasteiger partial charge is 0.347 e. The summed E-state index contributed by atoms with van der Waals surface area (Å²) in [5.41, 5.74) is 5.13. The van der Waals surface area contributed by atoms with Crippen molar-refractivity contribution >= 4 is 12.2 Å². The van der Waals surface area contributed by atoms with Gasteiger partial charge in [0.1, 0.15) is 0 Å². The number of carbonyl (C=O) groups is 1. The van der Waals surface area contributed by atoms with Crippen LogP contribution >= 0.6 is 0 Å². The molecule has 0 fully saturated rings. The van der Waals surface area contributed by atoms with Gasteiger partial charge in [0.05, 0.1) is 12.6 Å². The molecule has 0 rings (SSSR count). The number of hydrogen-bond acceptors (Lipinski definition) is 3. The Morgan fingerprint density at radius 1 is 1.89 bits per heavy atom. The highest BCUT2D eigenvalue weighted by Crippen LogP contribution is 1.71. The number of hydrogen-bond donors (Lipinski definition) is 2.